The highest BCUT2D eigenvalue weighted by atomic mass is 16.5. The molecular formula is C16H21NO2. The first-order chi connectivity index (χ1) is 9.17. The lowest BCUT2D eigenvalue weighted by Gasteiger charge is -2.32. The molecule has 1 N–H and O–H groups in total. The number of benzene rings is 1. The second-order valence-corrected chi connectivity index (χ2v) is 5.42. The van der Waals surface area contributed by atoms with Crippen molar-refractivity contribution in [3.8, 4) is 11.8 Å². The summed E-state index contributed by atoms with van der Waals surface area (Å²) in [6, 6.07) is 7.78. The number of aliphatic hydroxyl groups is 1. The van der Waals surface area contributed by atoms with Gasteiger partial charge in [-0.3, -0.25) is 0 Å². The van der Waals surface area contributed by atoms with Gasteiger partial charge in [-0.1, -0.05) is 25.3 Å². The van der Waals surface area contributed by atoms with Crippen LogP contribution >= 0.6 is 0 Å². The van der Waals surface area contributed by atoms with E-state index in [0.717, 1.165) is 44.1 Å². The van der Waals surface area contributed by atoms with Crippen molar-refractivity contribution in [2.45, 2.75) is 50.5 Å². The number of methoxy groups -OCH3 is 1. The Labute approximate surface area is 114 Å². The summed E-state index contributed by atoms with van der Waals surface area (Å²) < 4.78 is 5.13. The Bertz CT molecular complexity index is 470. The fourth-order valence-electron chi connectivity index (χ4n) is 2.83. The van der Waals surface area contributed by atoms with Gasteiger partial charge in [0.2, 0.25) is 0 Å². The molecule has 102 valence electrons. The molecular weight excluding hydrogens is 238 g/mol. The van der Waals surface area contributed by atoms with Gasteiger partial charge >= 0.3 is 0 Å². The average Bonchev–Trinajstić information content (AvgIpc) is 2.45. The molecule has 0 aliphatic heterocycles. The zero-order chi connectivity index (χ0) is 13.7. The lowest BCUT2D eigenvalue weighted by molar-refractivity contribution is -0.00342. The minimum Gasteiger partial charge on any atom is -0.497 e. The van der Waals surface area contributed by atoms with Gasteiger partial charge in [0.15, 0.2) is 0 Å². The molecule has 0 atom stereocenters. The Balaban J connectivity index is 2.05. The fraction of sp³-hybridized carbons (Fsp3) is 0.562. The maximum Gasteiger partial charge on any atom is 0.120 e. The number of nitriles is 1. The zero-order valence-electron chi connectivity index (χ0n) is 11.5. The third kappa shape index (κ3) is 3.48. The summed E-state index contributed by atoms with van der Waals surface area (Å²) in [5.74, 6) is 0.705. The predicted octanol–water partition coefficient (Wildman–Crippen LogP) is 3.19. The summed E-state index contributed by atoms with van der Waals surface area (Å²) in [4.78, 5) is 0. The van der Waals surface area contributed by atoms with Gasteiger partial charge in [-0.25, -0.2) is 0 Å². The van der Waals surface area contributed by atoms with Crippen LogP contribution in [0.5, 0.6) is 5.75 Å². The van der Waals surface area contributed by atoms with Crippen LogP contribution in [0.25, 0.3) is 0 Å². The van der Waals surface area contributed by atoms with Gasteiger partial charge in [0, 0.05) is 0 Å². The molecule has 0 unspecified atom stereocenters. The van der Waals surface area contributed by atoms with Crippen LogP contribution in [0.2, 0.25) is 0 Å². The minimum absolute atomic E-state index is 0.523. The molecule has 0 spiro atoms. The van der Waals surface area contributed by atoms with Crippen molar-refractivity contribution in [3.05, 3.63) is 29.3 Å². The minimum atomic E-state index is -0.523. The van der Waals surface area contributed by atoms with Crippen LogP contribution < -0.4 is 4.74 Å². The van der Waals surface area contributed by atoms with Crippen LogP contribution in [0.15, 0.2) is 18.2 Å². The Kier molecular flexibility index (Phi) is 4.44. The third-order valence-electron chi connectivity index (χ3n) is 4.08. The van der Waals surface area contributed by atoms with Gasteiger partial charge in [0.25, 0.3) is 0 Å². The first kappa shape index (κ1) is 13.9. The van der Waals surface area contributed by atoms with E-state index < -0.39 is 5.60 Å². The molecule has 3 heteroatoms. The molecule has 1 fully saturated rings. The maximum absolute atomic E-state index is 10.5. The summed E-state index contributed by atoms with van der Waals surface area (Å²) in [5.41, 5.74) is 1.13. The van der Waals surface area contributed by atoms with Crippen molar-refractivity contribution in [3.63, 3.8) is 0 Å². The molecule has 1 aliphatic carbocycles. The van der Waals surface area contributed by atoms with Gasteiger partial charge in [0.1, 0.15) is 5.75 Å². The summed E-state index contributed by atoms with van der Waals surface area (Å²) in [5, 5.41) is 19.7. The molecule has 1 aromatic carbocycles. The summed E-state index contributed by atoms with van der Waals surface area (Å²) in [6.07, 6.45) is 6.75. The standard InChI is InChI=1S/C16H21NO2/c1-19-15-6-5-13(14(11-15)12-17)7-10-16(18)8-3-2-4-9-16/h5-6,11,18H,2-4,7-10H2,1H3. The van der Waals surface area contributed by atoms with Crippen LogP contribution in [-0.4, -0.2) is 17.8 Å². The van der Waals surface area contributed by atoms with Gasteiger partial charge in [-0.15, -0.1) is 0 Å². The zero-order valence-corrected chi connectivity index (χ0v) is 11.5. The summed E-state index contributed by atoms with van der Waals surface area (Å²) in [7, 11) is 1.60. The molecule has 1 aliphatic rings. The second kappa shape index (κ2) is 6.08. The van der Waals surface area contributed by atoms with Crippen LogP contribution in [0.3, 0.4) is 0 Å². The number of aryl methyl sites for hydroxylation is 1. The van der Waals surface area contributed by atoms with Gasteiger partial charge < -0.3 is 9.84 Å². The molecule has 0 radical (unpaired) electrons. The number of nitrogens with zero attached hydrogens (tertiary/aromatic N) is 1. The fourth-order valence-corrected chi connectivity index (χ4v) is 2.83. The van der Waals surface area contributed by atoms with E-state index >= 15 is 0 Å². The normalized spacial score (nSPS) is 17.7. The van der Waals surface area contributed by atoms with Crippen LogP contribution in [0.4, 0.5) is 0 Å². The van der Waals surface area contributed by atoms with Gasteiger partial charge in [0.05, 0.1) is 24.3 Å². The third-order valence-corrected chi connectivity index (χ3v) is 4.08. The van der Waals surface area contributed by atoms with Crippen molar-refractivity contribution in [2.24, 2.45) is 0 Å². The Morgan fingerprint density at radius 2 is 2.05 bits per heavy atom. The highest BCUT2D eigenvalue weighted by molar-refractivity contribution is 5.43. The van der Waals surface area contributed by atoms with Crippen LogP contribution in [0.1, 0.15) is 49.7 Å². The molecule has 0 saturated heterocycles. The van der Waals surface area contributed by atoms with E-state index in [2.05, 4.69) is 6.07 Å². The van der Waals surface area contributed by atoms with E-state index in [1.807, 2.05) is 12.1 Å². The van der Waals surface area contributed by atoms with E-state index in [0.29, 0.717) is 11.3 Å². The Morgan fingerprint density at radius 3 is 2.68 bits per heavy atom. The lowest BCUT2D eigenvalue weighted by Crippen LogP contribution is -2.31. The largest absolute Gasteiger partial charge is 0.497 e. The molecule has 2 rings (SSSR count). The number of hydrogen-bond donors (Lipinski definition) is 1. The second-order valence-electron chi connectivity index (χ2n) is 5.42. The van der Waals surface area contributed by atoms with Crippen molar-refractivity contribution < 1.29 is 9.84 Å². The molecule has 0 aromatic heterocycles. The summed E-state index contributed by atoms with van der Waals surface area (Å²) in [6.45, 7) is 0. The Morgan fingerprint density at radius 1 is 1.32 bits per heavy atom. The first-order valence-corrected chi connectivity index (χ1v) is 6.96. The highest BCUT2D eigenvalue weighted by Crippen LogP contribution is 2.32. The topological polar surface area (TPSA) is 53.2 Å². The molecule has 0 amide bonds. The average molecular weight is 259 g/mol. The molecule has 1 aromatic rings. The Hall–Kier alpha value is -1.53. The first-order valence-electron chi connectivity index (χ1n) is 6.96. The van der Waals surface area contributed by atoms with E-state index in [1.165, 1.54) is 6.42 Å². The molecule has 1 saturated carbocycles. The number of hydrogen-bond acceptors (Lipinski definition) is 3. The number of rotatable bonds is 4. The van der Waals surface area contributed by atoms with Crippen molar-refractivity contribution in [1.82, 2.24) is 0 Å². The lowest BCUT2D eigenvalue weighted by atomic mass is 9.80. The molecule has 3 nitrogen and oxygen atoms in total. The smallest absolute Gasteiger partial charge is 0.120 e. The van der Waals surface area contributed by atoms with Crippen LogP contribution in [0, 0.1) is 11.3 Å². The quantitative estimate of drug-likeness (QED) is 0.903. The van der Waals surface area contributed by atoms with Crippen molar-refractivity contribution in [1.29, 1.82) is 5.26 Å². The number of ether oxygens (including phenoxy) is 1. The van der Waals surface area contributed by atoms with Crippen molar-refractivity contribution in [2.75, 3.05) is 7.11 Å². The van der Waals surface area contributed by atoms with E-state index in [4.69, 9.17) is 4.74 Å². The maximum atomic E-state index is 10.5. The molecule has 0 bridgehead atoms. The molecule has 19 heavy (non-hydrogen) atoms. The monoisotopic (exact) mass is 259 g/mol. The highest BCUT2D eigenvalue weighted by Gasteiger charge is 2.28. The van der Waals surface area contributed by atoms with Gasteiger partial charge in [-0.05, 0) is 43.4 Å². The van der Waals surface area contributed by atoms with Crippen molar-refractivity contribution >= 4 is 0 Å². The van der Waals surface area contributed by atoms with E-state index in [9.17, 15) is 10.4 Å². The predicted molar refractivity (Wildman–Crippen MR) is 74.1 cm³/mol. The van der Waals surface area contributed by atoms with Crippen LogP contribution in [-0.2, 0) is 6.42 Å². The molecule has 0 heterocycles. The summed E-state index contributed by atoms with van der Waals surface area (Å²) >= 11 is 0. The SMILES string of the molecule is COc1ccc(CCC2(O)CCCCC2)c(C#N)c1. The van der Waals surface area contributed by atoms with E-state index in [-0.39, 0.29) is 0 Å². The van der Waals surface area contributed by atoms with E-state index in [1.54, 1.807) is 13.2 Å². The van der Waals surface area contributed by atoms with Gasteiger partial charge in [-0.2, -0.15) is 5.26 Å².